The van der Waals surface area contributed by atoms with Gasteiger partial charge in [0.2, 0.25) is 5.95 Å². The molecule has 0 saturated heterocycles. The average Bonchev–Trinajstić information content (AvgIpc) is 3.91. The number of rotatable bonds is 6. The van der Waals surface area contributed by atoms with Crippen LogP contribution in [-0.2, 0) is 10.8 Å². The van der Waals surface area contributed by atoms with Gasteiger partial charge in [-0.3, -0.25) is 4.57 Å². The SMILES string of the molecule is CC1C(C)(C)c2ccc(-c3ccc(-c4ccc(-n5c6ccccc6c6ccc7c8ccccc8n(-c8nc(-c9ccccc9)nc(-c9ccccc9)n8)c7c65)cc4)cc3)cc2C1(C)C. The minimum absolute atomic E-state index is 0.125. The van der Waals surface area contributed by atoms with Crippen molar-refractivity contribution in [2.45, 2.75) is 45.4 Å². The zero-order valence-electron chi connectivity index (χ0n) is 36.7. The lowest BCUT2D eigenvalue weighted by Crippen LogP contribution is -2.30. The van der Waals surface area contributed by atoms with Gasteiger partial charge in [0.05, 0.1) is 22.1 Å². The highest BCUT2D eigenvalue weighted by Gasteiger charge is 2.48. The fourth-order valence-electron chi connectivity index (χ4n) is 10.7. The monoisotopic (exact) mass is 825 g/mol. The van der Waals surface area contributed by atoms with Crippen LogP contribution in [0, 0.1) is 5.92 Å². The quantitative estimate of drug-likeness (QED) is 0.168. The number of benzene rings is 8. The number of nitrogens with zero attached hydrogens (tertiary/aromatic N) is 5. The molecule has 1 aliphatic rings. The standard InChI is InChI=1S/C59H47N5/c1-37-58(2,3)49-35-30-43(36-50(49)59(37,4)5)40-26-24-38(25-27-40)39-28-31-44(32-29-39)63-51-22-14-12-20-45(51)47-33-34-48-46-21-13-15-23-52(46)64(54(48)53(47)63)57-61-55(41-16-8-6-9-17-41)60-56(62-57)42-18-10-7-11-19-42/h6-37H,1-5H3. The molecule has 8 aromatic carbocycles. The first-order valence-electron chi connectivity index (χ1n) is 22.4. The zero-order chi connectivity index (χ0) is 43.3. The summed E-state index contributed by atoms with van der Waals surface area (Å²) >= 11 is 0. The molecule has 1 unspecified atom stereocenters. The van der Waals surface area contributed by atoms with Crippen LogP contribution >= 0.6 is 0 Å². The molecule has 3 aromatic heterocycles. The fourth-order valence-corrected chi connectivity index (χ4v) is 10.7. The first kappa shape index (κ1) is 38.1. The lowest BCUT2D eigenvalue weighted by molar-refractivity contribution is 0.264. The predicted molar refractivity (Wildman–Crippen MR) is 265 cm³/mol. The number of hydrogen-bond donors (Lipinski definition) is 0. The van der Waals surface area contributed by atoms with Crippen molar-refractivity contribution in [3.8, 4) is 56.7 Å². The highest BCUT2D eigenvalue weighted by atomic mass is 15.2. The van der Waals surface area contributed by atoms with E-state index in [1.165, 1.54) is 44.2 Å². The Morgan fingerprint density at radius 2 is 0.812 bits per heavy atom. The maximum atomic E-state index is 5.27. The van der Waals surface area contributed by atoms with Gasteiger partial charge in [0.15, 0.2) is 11.6 Å². The molecule has 0 radical (unpaired) electrons. The van der Waals surface area contributed by atoms with Gasteiger partial charge >= 0.3 is 0 Å². The summed E-state index contributed by atoms with van der Waals surface area (Å²) in [6.07, 6.45) is 0. The molecule has 1 atom stereocenters. The molecule has 0 aliphatic heterocycles. The van der Waals surface area contributed by atoms with Crippen molar-refractivity contribution in [3.05, 3.63) is 199 Å². The predicted octanol–water partition coefficient (Wildman–Crippen LogP) is 14.9. The van der Waals surface area contributed by atoms with E-state index in [1.807, 2.05) is 36.4 Å². The molecule has 0 saturated carbocycles. The van der Waals surface area contributed by atoms with Crippen molar-refractivity contribution in [2.24, 2.45) is 5.92 Å². The van der Waals surface area contributed by atoms with Gasteiger partial charge in [-0.05, 0) is 74.4 Å². The largest absolute Gasteiger partial charge is 0.307 e. The van der Waals surface area contributed by atoms with Crippen LogP contribution in [0.5, 0.6) is 0 Å². The van der Waals surface area contributed by atoms with Crippen LogP contribution in [0.4, 0.5) is 0 Å². The summed E-state index contributed by atoms with van der Waals surface area (Å²) < 4.78 is 4.67. The molecule has 11 aromatic rings. The minimum Gasteiger partial charge on any atom is -0.307 e. The minimum atomic E-state index is 0.125. The van der Waals surface area contributed by atoms with Gasteiger partial charge in [-0.25, -0.2) is 4.98 Å². The normalized spacial score (nSPS) is 15.4. The Hall–Kier alpha value is -7.63. The lowest BCUT2D eigenvalue weighted by atomic mass is 9.71. The van der Waals surface area contributed by atoms with Crippen molar-refractivity contribution >= 4 is 43.6 Å². The van der Waals surface area contributed by atoms with Crippen LogP contribution in [0.25, 0.3) is 100 Å². The van der Waals surface area contributed by atoms with Crippen molar-refractivity contribution < 1.29 is 0 Å². The van der Waals surface area contributed by atoms with Gasteiger partial charge in [0.25, 0.3) is 0 Å². The smallest absolute Gasteiger partial charge is 0.238 e. The molecule has 1 aliphatic carbocycles. The van der Waals surface area contributed by atoms with Crippen LogP contribution in [0.2, 0.25) is 0 Å². The molecular formula is C59H47N5. The second-order valence-electron chi connectivity index (χ2n) is 18.6. The summed E-state index contributed by atoms with van der Waals surface area (Å²) in [5.41, 5.74) is 15.4. The molecule has 64 heavy (non-hydrogen) atoms. The Morgan fingerprint density at radius 1 is 0.375 bits per heavy atom. The van der Waals surface area contributed by atoms with Gasteiger partial charge in [-0.2, -0.15) is 9.97 Å². The molecule has 5 nitrogen and oxygen atoms in total. The molecule has 5 heteroatoms. The molecule has 308 valence electrons. The lowest BCUT2D eigenvalue weighted by Gasteiger charge is -2.32. The Bertz CT molecular complexity index is 3540. The van der Waals surface area contributed by atoms with Crippen molar-refractivity contribution in [2.75, 3.05) is 0 Å². The third-order valence-electron chi connectivity index (χ3n) is 14.6. The summed E-state index contributed by atoms with van der Waals surface area (Å²) in [6.45, 7) is 12.0. The topological polar surface area (TPSA) is 48.5 Å². The summed E-state index contributed by atoms with van der Waals surface area (Å²) in [5, 5.41) is 4.63. The number of aromatic nitrogens is 5. The zero-order valence-corrected chi connectivity index (χ0v) is 36.7. The molecular weight excluding hydrogens is 779 g/mol. The summed E-state index contributed by atoms with van der Waals surface area (Å²) in [4.78, 5) is 15.6. The second kappa shape index (κ2) is 14.2. The first-order valence-corrected chi connectivity index (χ1v) is 22.4. The highest BCUT2D eigenvalue weighted by molar-refractivity contribution is 6.23. The van der Waals surface area contributed by atoms with E-state index in [-0.39, 0.29) is 10.8 Å². The maximum Gasteiger partial charge on any atom is 0.238 e. The molecule has 3 heterocycles. The highest BCUT2D eigenvalue weighted by Crippen LogP contribution is 2.54. The second-order valence-corrected chi connectivity index (χ2v) is 18.6. The van der Waals surface area contributed by atoms with Crippen LogP contribution in [0.3, 0.4) is 0 Å². The van der Waals surface area contributed by atoms with E-state index in [1.54, 1.807) is 0 Å². The molecule has 12 rings (SSSR count). The van der Waals surface area contributed by atoms with Crippen LogP contribution in [-0.4, -0.2) is 24.1 Å². The Balaban J connectivity index is 1.01. The molecule has 0 fully saturated rings. The van der Waals surface area contributed by atoms with Gasteiger partial charge in [-0.1, -0.05) is 198 Å². The molecule has 0 amide bonds. The Kier molecular flexibility index (Phi) is 8.45. The van der Waals surface area contributed by atoms with Gasteiger partial charge in [0.1, 0.15) is 0 Å². The fraction of sp³-hybridized carbons (Fsp3) is 0.136. The van der Waals surface area contributed by atoms with Gasteiger partial charge in [0, 0.05) is 38.4 Å². The van der Waals surface area contributed by atoms with Crippen LogP contribution < -0.4 is 0 Å². The number of hydrogen-bond acceptors (Lipinski definition) is 3. The number of para-hydroxylation sites is 2. The summed E-state index contributed by atoms with van der Waals surface area (Å²) in [5.74, 6) is 2.39. The van der Waals surface area contributed by atoms with E-state index in [4.69, 9.17) is 15.0 Å². The van der Waals surface area contributed by atoms with E-state index in [0.717, 1.165) is 49.7 Å². The maximum absolute atomic E-state index is 5.27. The third kappa shape index (κ3) is 5.73. The Labute approximate surface area is 373 Å². The van der Waals surface area contributed by atoms with Crippen molar-refractivity contribution in [1.82, 2.24) is 24.1 Å². The Morgan fingerprint density at radius 3 is 1.38 bits per heavy atom. The molecule has 0 N–H and O–H groups in total. The first-order chi connectivity index (χ1) is 31.2. The van der Waals surface area contributed by atoms with E-state index in [0.29, 0.717) is 23.5 Å². The van der Waals surface area contributed by atoms with E-state index in [2.05, 4.69) is 195 Å². The van der Waals surface area contributed by atoms with E-state index < -0.39 is 0 Å². The molecule has 0 bridgehead atoms. The van der Waals surface area contributed by atoms with Crippen LogP contribution in [0.15, 0.2) is 188 Å². The van der Waals surface area contributed by atoms with Crippen LogP contribution in [0.1, 0.15) is 45.7 Å². The number of fused-ring (bicyclic) bond motifs is 8. The van der Waals surface area contributed by atoms with Crippen molar-refractivity contribution in [3.63, 3.8) is 0 Å². The third-order valence-corrected chi connectivity index (χ3v) is 14.6. The van der Waals surface area contributed by atoms with E-state index in [9.17, 15) is 0 Å². The summed E-state index contributed by atoms with van der Waals surface area (Å²) in [7, 11) is 0. The van der Waals surface area contributed by atoms with Gasteiger partial charge < -0.3 is 4.57 Å². The average molecular weight is 826 g/mol. The summed E-state index contributed by atoms with van der Waals surface area (Å²) in [6, 6.07) is 67.5. The van der Waals surface area contributed by atoms with Gasteiger partial charge in [-0.15, -0.1) is 0 Å². The molecule has 0 spiro atoms. The van der Waals surface area contributed by atoms with E-state index >= 15 is 0 Å². The van der Waals surface area contributed by atoms with Crippen molar-refractivity contribution in [1.29, 1.82) is 0 Å².